The van der Waals surface area contributed by atoms with Crippen molar-refractivity contribution >= 4 is 10.9 Å². The molecule has 1 aromatic heterocycles. The standard InChI is InChI=1S/C27H35NO5/c1-23(2,30)21-19(29)22-27(33-22)18(32-21)10-11-24(3)25(4)14(9-12-26(24,27)31)13-16-15-7-5-6-8-17(15)28-20(16)25/h5-8,14,18-19,21-22,28-31H,9-13H2,1-4H3/t14?,18?,19?,21?,22?,24-,25-,26?,27?/m1/s1. The molecular formula is C27H35NO5. The number of benzene rings is 1. The number of hydrogen-bond donors (Lipinski definition) is 4. The van der Waals surface area contributed by atoms with E-state index in [4.69, 9.17) is 9.47 Å². The molecule has 4 N–H and O–H groups in total. The van der Waals surface area contributed by atoms with Gasteiger partial charge in [0.05, 0.1) is 11.7 Å². The molecule has 2 saturated carbocycles. The molecular weight excluding hydrogens is 418 g/mol. The lowest BCUT2D eigenvalue weighted by Gasteiger charge is -2.66. The molecule has 2 aliphatic heterocycles. The van der Waals surface area contributed by atoms with E-state index in [-0.39, 0.29) is 11.5 Å². The van der Waals surface area contributed by atoms with E-state index in [1.54, 1.807) is 13.8 Å². The van der Waals surface area contributed by atoms with E-state index in [0.717, 1.165) is 31.2 Å². The van der Waals surface area contributed by atoms with Crippen LogP contribution in [0.3, 0.4) is 0 Å². The summed E-state index contributed by atoms with van der Waals surface area (Å²) in [5.74, 6) is 0.456. The maximum absolute atomic E-state index is 12.7. The van der Waals surface area contributed by atoms with Gasteiger partial charge >= 0.3 is 0 Å². The van der Waals surface area contributed by atoms with Crippen molar-refractivity contribution in [2.24, 2.45) is 11.3 Å². The molecule has 6 nitrogen and oxygen atoms in total. The zero-order chi connectivity index (χ0) is 23.2. The lowest BCUT2D eigenvalue weighted by molar-refractivity contribution is -0.280. The lowest BCUT2D eigenvalue weighted by atomic mass is 9.40. The topological polar surface area (TPSA) is 98.2 Å². The smallest absolute Gasteiger partial charge is 0.152 e. The van der Waals surface area contributed by atoms with E-state index < -0.39 is 40.5 Å². The third-order valence-electron chi connectivity index (χ3n) is 10.9. The number of hydrogen-bond acceptors (Lipinski definition) is 5. The van der Waals surface area contributed by atoms with E-state index in [9.17, 15) is 15.3 Å². The summed E-state index contributed by atoms with van der Waals surface area (Å²) in [6, 6.07) is 8.52. The van der Waals surface area contributed by atoms with Gasteiger partial charge in [-0.2, -0.15) is 0 Å². The first kappa shape index (κ1) is 20.9. The molecule has 6 heteroatoms. The van der Waals surface area contributed by atoms with Gasteiger partial charge in [0.2, 0.25) is 0 Å². The van der Waals surface area contributed by atoms with Crippen LogP contribution >= 0.6 is 0 Å². The van der Waals surface area contributed by atoms with Gasteiger partial charge in [-0.25, -0.2) is 0 Å². The second-order valence-electron chi connectivity index (χ2n) is 12.4. The molecule has 3 heterocycles. The minimum atomic E-state index is -1.19. The van der Waals surface area contributed by atoms with Gasteiger partial charge in [-0.05, 0) is 63.5 Å². The average Bonchev–Trinajstić information content (AvgIpc) is 3.34. The second kappa shape index (κ2) is 5.85. The maximum atomic E-state index is 12.7. The van der Waals surface area contributed by atoms with Gasteiger partial charge in [0.25, 0.3) is 0 Å². The summed E-state index contributed by atoms with van der Waals surface area (Å²) >= 11 is 0. The monoisotopic (exact) mass is 453 g/mol. The van der Waals surface area contributed by atoms with Crippen molar-refractivity contribution in [1.82, 2.24) is 4.98 Å². The average molecular weight is 454 g/mol. The third-order valence-corrected chi connectivity index (χ3v) is 10.9. The normalized spacial score (nSPS) is 50.2. The van der Waals surface area contributed by atoms with Gasteiger partial charge < -0.3 is 29.8 Å². The van der Waals surface area contributed by atoms with Crippen LogP contribution in [0.4, 0.5) is 0 Å². The van der Waals surface area contributed by atoms with Crippen LogP contribution in [-0.2, 0) is 21.3 Å². The largest absolute Gasteiger partial charge is 0.388 e. The number of aliphatic hydroxyl groups is 3. The number of aromatic amines is 1. The highest BCUT2D eigenvalue weighted by Gasteiger charge is 2.86. The number of ether oxygens (including phenoxy) is 2. The number of aliphatic hydroxyl groups excluding tert-OH is 1. The number of rotatable bonds is 1. The molecule has 7 rings (SSSR count). The number of H-pyrrole nitrogens is 1. The molecule has 9 atom stereocenters. The molecule has 0 bridgehead atoms. The summed E-state index contributed by atoms with van der Waals surface area (Å²) in [5.41, 5.74) is -0.0565. The third kappa shape index (κ3) is 2.08. The van der Waals surface area contributed by atoms with Gasteiger partial charge in [0, 0.05) is 27.4 Å². The predicted octanol–water partition coefficient (Wildman–Crippen LogP) is 2.96. The highest BCUT2D eigenvalue weighted by Crippen LogP contribution is 2.74. The number of nitrogens with one attached hydrogen (secondary N) is 1. The van der Waals surface area contributed by atoms with Gasteiger partial charge in [0.1, 0.15) is 23.9 Å². The Hall–Kier alpha value is -1.44. The van der Waals surface area contributed by atoms with Gasteiger partial charge in [-0.1, -0.05) is 32.0 Å². The fourth-order valence-corrected chi connectivity index (χ4v) is 8.97. The van der Waals surface area contributed by atoms with Crippen molar-refractivity contribution in [3.8, 4) is 0 Å². The van der Waals surface area contributed by atoms with E-state index in [1.165, 1.54) is 16.6 Å². The van der Waals surface area contributed by atoms with E-state index >= 15 is 0 Å². The van der Waals surface area contributed by atoms with Crippen LogP contribution in [0, 0.1) is 11.3 Å². The van der Waals surface area contributed by atoms with Crippen molar-refractivity contribution in [2.75, 3.05) is 0 Å². The predicted molar refractivity (Wildman–Crippen MR) is 123 cm³/mol. The first-order valence-corrected chi connectivity index (χ1v) is 12.6. The fraction of sp³-hybridized carbons (Fsp3) is 0.704. The summed E-state index contributed by atoms with van der Waals surface area (Å²) < 4.78 is 12.7. The minimum Gasteiger partial charge on any atom is -0.388 e. The Labute approximate surface area is 194 Å². The molecule has 5 aliphatic rings. The quantitative estimate of drug-likeness (QED) is 0.498. The van der Waals surface area contributed by atoms with Crippen LogP contribution in [-0.4, -0.2) is 61.5 Å². The van der Waals surface area contributed by atoms with Crippen molar-refractivity contribution in [2.45, 2.75) is 106 Å². The van der Waals surface area contributed by atoms with Gasteiger partial charge in [-0.3, -0.25) is 0 Å². The number of aromatic nitrogens is 1. The Bertz CT molecular complexity index is 1170. The summed E-state index contributed by atoms with van der Waals surface area (Å²) in [4.78, 5) is 3.76. The fourth-order valence-electron chi connectivity index (χ4n) is 8.97. The molecule has 1 aromatic carbocycles. The number of fused-ring (bicyclic) bond motifs is 7. The second-order valence-corrected chi connectivity index (χ2v) is 12.4. The summed E-state index contributed by atoms with van der Waals surface area (Å²) in [6.45, 7) is 7.93. The van der Waals surface area contributed by atoms with E-state index in [0.29, 0.717) is 12.3 Å². The van der Waals surface area contributed by atoms with Crippen LogP contribution in [0.5, 0.6) is 0 Å². The first-order chi connectivity index (χ1) is 15.5. The lowest BCUT2D eigenvalue weighted by Crippen LogP contribution is -2.76. The molecule has 33 heavy (non-hydrogen) atoms. The van der Waals surface area contributed by atoms with Crippen molar-refractivity contribution < 1.29 is 24.8 Å². The Morgan fingerprint density at radius 2 is 1.88 bits per heavy atom. The molecule has 4 fully saturated rings. The molecule has 7 unspecified atom stereocenters. The number of para-hydroxylation sites is 1. The van der Waals surface area contributed by atoms with Crippen molar-refractivity contribution in [1.29, 1.82) is 0 Å². The Morgan fingerprint density at radius 1 is 1.12 bits per heavy atom. The highest BCUT2D eigenvalue weighted by molar-refractivity contribution is 5.86. The van der Waals surface area contributed by atoms with Crippen molar-refractivity contribution in [3.05, 3.63) is 35.5 Å². The Morgan fingerprint density at radius 3 is 2.64 bits per heavy atom. The minimum absolute atomic E-state index is 0.234. The van der Waals surface area contributed by atoms with Crippen LogP contribution in [0.2, 0.25) is 0 Å². The van der Waals surface area contributed by atoms with E-state index in [2.05, 4.69) is 43.1 Å². The summed E-state index contributed by atoms with van der Waals surface area (Å²) in [5, 5.41) is 35.7. The molecule has 1 spiro atoms. The highest BCUT2D eigenvalue weighted by atomic mass is 16.7. The SMILES string of the molecule is CC(C)(O)C1OC2CC[C@@]3(C)C(O)(CCC4Cc5c([nH]c6ccccc56)[C@@]43C)C23OC3C1O. The maximum Gasteiger partial charge on any atom is 0.152 e. The summed E-state index contributed by atoms with van der Waals surface area (Å²) in [6.07, 6.45) is 1.60. The van der Waals surface area contributed by atoms with Gasteiger partial charge in [0.15, 0.2) is 5.60 Å². The molecule has 178 valence electrons. The summed E-state index contributed by atoms with van der Waals surface area (Å²) in [7, 11) is 0. The molecule has 2 aromatic rings. The molecule has 3 aliphatic carbocycles. The number of epoxide rings is 1. The van der Waals surface area contributed by atoms with E-state index in [1.807, 2.05) is 0 Å². The van der Waals surface area contributed by atoms with Crippen LogP contribution in [0.15, 0.2) is 24.3 Å². The van der Waals surface area contributed by atoms with Crippen LogP contribution < -0.4 is 0 Å². The zero-order valence-corrected chi connectivity index (χ0v) is 19.9. The Kier molecular flexibility index (Phi) is 3.70. The molecule has 0 radical (unpaired) electrons. The van der Waals surface area contributed by atoms with Crippen molar-refractivity contribution in [3.63, 3.8) is 0 Å². The zero-order valence-electron chi connectivity index (χ0n) is 19.9. The van der Waals surface area contributed by atoms with Crippen LogP contribution in [0.25, 0.3) is 10.9 Å². The van der Waals surface area contributed by atoms with Crippen LogP contribution in [0.1, 0.15) is 64.6 Å². The Balaban J connectivity index is 1.36. The molecule has 0 amide bonds. The van der Waals surface area contributed by atoms with Gasteiger partial charge in [-0.15, -0.1) is 0 Å². The first-order valence-electron chi connectivity index (χ1n) is 12.6. The molecule has 2 saturated heterocycles.